The number of ether oxygens (including phenoxy) is 2. The van der Waals surface area contributed by atoms with Crippen molar-refractivity contribution in [1.29, 1.82) is 0 Å². The Hall–Kier alpha value is -0.0900. The fourth-order valence-corrected chi connectivity index (χ4v) is 2.39. The SMILES string of the molecule is C[C@H]1CO[C@@](CBr)(c2ccc(Cl)cc2)O1. The van der Waals surface area contributed by atoms with Crippen LogP contribution in [-0.4, -0.2) is 18.0 Å². The molecule has 0 radical (unpaired) electrons. The second-order valence-electron chi connectivity index (χ2n) is 3.63. The van der Waals surface area contributed by atoms with Crippen molar-refractivity contribution in [3.63, 3.8) is 0 Å². The molecule has 1 saturated heterocycles. The summed E-state index contributed by atoms with van der Waals surface area (Å²) >= 11 is 9.28. The van der Waals surface area contributed by atoms with Crippen LogP contribution in [0.15, 0.2) is 24.3 Å². The lowest BCUT2D eigenvalue weighted by molar-refractivity contribution is -0.154. The highest BCUT2D eigenvalue weighted by atomic mass is 79.9. The van der Waals surface area contributed by atoms with Gasteiger partial charge in [0, 0.05) is 10.6 Å². The molecule has 0 spiro atoms. The highest BCUT2D eigenvalue weighted by molar-refractivity contribution is 9.09. The van der Waals surface area contributed by atoms with Crippen molar-refractivity contribution in [2.24, 2.45) is 0 Å². The van der Waals surface area contributed by atoms with Gasteiger partial charge in [0.25, 0.3) is 0 Å². The number of hydrogen-bond acceptors (Lipinski definition) is 2. The van der Waals surface area contributed by atoms with Crippen molar-refractivity contribution in [3.05, 3.63) is 34.9 Å². The smallest absolute Gasteiger partial charge is 0.205 e. The summed E-state index contributed by atoms with van der Waals surface area (Å²) < 4.78 is 11.5. The van der Waals surface area contributed by atoms with Crippen LogP contribution in [0, 0.1) is 0 Å². The maximum absolute atomic E-state index is 5.84. The molecule has 0 bridgehead atoms. The fourth-order valence-electron chi connectivity index (χ4n) is 1.65. The van der Waals surface area contributed by atoms with Crippen LogP contribution >= 0.6 is 27.5 Å². The molecule has 1 aliphatic heterocycles. The van der Waals surface area contributed by atoms with E-state index in [0.717, 1.165) is 10.6 Å². The van der Waals surface area contributed by atoms with E-state index in [4.69, 9.17) is 21.1 Å². The molecule has 0 aromatic heterocycles. The Morgan fingerprint density at radius 2 is 2.13 bits per heavy atom. The van der Waals surface area contributed by atoms with Gasteiger partial charge in [0.2, 0.25) is 5.79 Å². The lowest BCUT2D eigenvalue weighted by Crippen LogP contribution is -2.29. The van der Waals surface area contributed by atoms with Gasteiger partial charge in [-0.25, -0.2) is 0 Å². The van der Waals surface area contributed by atoms with Crippen LogP contribution < -0.4 is 0 Å². The third-order valence-electron chi connectivity index (χ3n) is 2.40. The van der Waals surface area contributed by atoms with Gasteiger partial charge in [0.05, 0.1) is 18.0 Å². The topological polar surface area (TPSA) is 18.5 Å². The van der Waals surface area contributed by atoms with Crippen molar-refractivity contribution in [2.75, 3.05) is 11.9 Å². The zero-order chi connectivity index (χ0) is 10.9. The van der Waals surface area contributed by atoms with Gasteiger partial charge >= 0.3 is 0 Å². The summed E-state index contributed by atoms with van der Waals surface area (Å²) in [5.41, 5.74) is 0.994. The molecule has 0 N–H and O–H groups in total. The highest BCUT2D eigenvalue weighted by Crippen LogP contribution is 2.36. The average Bonchev–Trinajstić information content (AvgIpc) is 2.62. The van der Waals surface area contributed by atoms with Crippen LogP contribution in [0.3, 0.4) is 0 Å². The van der Waals surface area contributed by atoms with Crippen molar-refractivity contribution in [3.8, 4) is 0 Å². The second kappa shape index (κ2) is 4.42. The molecular formula is C11H12BrClO2. The van der Waals surface area contributed by atoms with Crippen LogP contribution in [0.1, 0.15) is 12.5 Å². The number of alkyl halides is 1. The highest BCUT2D eigenvalue weighted by Gasteiger charge is 2.40. The Kier molecular flexibility index (Phi) is 3.36. The first-order chi connectivity index (χ1) is 7.16. The van der Waals surface area contributed by atoms with Gasteiger partial charge in [-0.15, -0.1) is 0 Å². The molecule has 0 saturated carbocycles. The number of benzene rings is 1. The van der Waals surface area contributed by atoms with Crippen LogP contribution in [0.2, 0.25) is 5.02 Å². The Morgan fingerprint density at radius 3 is 2.60 bits per heavy atom. The summed E-state index contributed by atoms with van der Waals surface area (Å²) in [4.78, 5) is 0. The molecule has 2 nitrogen and oxygen atoms in total. The summed E-state index contributed by atoms with van der Waals surface area (Å²) in [6.45, 7) is 2.62. The van der Waals surface area contributed by atoms with Crippen molar-refractivity contribution < 1.29 is 9.47 Å². The van der Waals surface area contributed by atoms with Crippen LogP contribution in [0.4, 0.5) is 0 Å². The van der Waals surface area contributed by atoms with E-state index < -0.39 is 5.79 Å². The van der Waals surface area contributed by atoms with E-state index in [1.807, 2.05) is 31.2 Å². The van der Waals surface area contributed by atoms with E-state index in [1.54, 1.807) is 0 Å². The summed E-state index contributed by atoms with van der Waals surface area (Å²) in [6.07, 6.45) is 0.123. The predicted molar refractivity (Wildman–Crippen MR) is 63.4 cm³/mol. The summed E-state index contributed by atoms with van der Waals surface area (Å²) in [5, 5.41) is 1.33. The third kappa shape index (κ3) is 2.21. The zero-order valence-corrected chi connectivity index (χ0v) is 10.7. The first-order valence-electron chi connectivity index (χ1n) is 4.80. The molecule has 1 aromatic rings. The molecule has 82 valence electrons. The lowest BCUT2D eigenvalue weighted by atomic mass is 10.1. The monoisotopic (exact) mass is 290 g/mol. The van der Waals surface area contributed by atoms with E-state index >= 15 is 0 Å². The normalized spacial score (nSPS) is 30.7. The predicted octanol–water partition coefficient (Wildman–Crippen LogP) is 3.32. The van der Waals surface area contributed by atoms with Crippen molar-refractivity contribution >= 4 is 27.5 Å². The Morgan fingerprint density at radius 1 is 1.47 bits per heavy atom. The largest absolute Gasteiger partial charge is 0.342 e. The lowest BCUT2D eigenvalue weighted by Gasteiger charge is -2.26. The molecule has 1 fully saturated rings. The summed E-state index contributed by atoms with van der Waals surface area (Å²) in [7, 11) is 0. The zero-order valence-electron chi connectivity index (χ0n) is 8.37. The molecule has 1 heterocycles. The van der Waals surface area contributed by atoms with Crippen molar-refractivity contribution in [2.45, 2.75) is 18.8 Å². The molecule has 2 atom stereocenters. The Labute approximate surface area is 103 Å². The van der Waals surface area contributed by atoms with Gasteiger partial charge in [-0.05, 0) is 19.1 Å². The number of rotatable bonds is 2. The van der Waals surface area contributed by atoms with E-state index in [9.17, 15) is 0 Å². The molecular weight excluding hydrogens is 279 g/mol. The van der Waals surface area contributed by atoms with Gasteiger partial charge < -0.3 is 9.47 Å². The van der Waals surface area contributed by atoms with E-state index in [0.29, 0.717) is 11.9 Å². The van der Waals surface area contributed by atoms with Crippen LogP contribution in [0.5, 0.6) is 0 Å². The maximum atomic E-state index is 5.84. The van der Waals surface area contributed by atoms with E-state index in [1.165, 1.54) is 0 Å². The van der Waals surface area contributed by atoms with Gasteiger partial charge in [-0.1, -0.05) is 39.7 Å². The third-order valence-corrected chi connectivity index (χ3v) is 3.39. The quantitative estimate of drug-likeness (QED) is 0.778. The molecule has 1 aromatic carbocycles. The summed E-state index contributed by atoms with van der Waals surface area (Å²) in [5.74, 6) is -0.649. The first kappa shape index (κ1) is 11.4. The Balaban J connectivity index is 2.30. The molecule has 2 rings (SSSR count). The molecule has 0 unspecified atom stereocenters. The average molecular weight is 292 g/mol. The van der Waals surface area contributed by atoms with Gasteiger partial charge in [-0.2, -0.15) is 0 Å². The van der Waals surface area contributed by atoms with Gasteiger partial charge in [-0.3, -0.25) is 0 Å². The number of halogens is 2. The molecule has 0 amide bonds. The van der Waals surface area contributed by atoms with E-state index in [2.05, 4.69) is 15.9 Å². The van der Waals surface area contributed by atoms with Crippen molar-refractivity contribution in [1.82, 2.24) is 0 Å². The molecule has 0 aliphatic carbocycles. The minimum absolute atomic E-state index is 0.123. The summed E-state index contributed by atoms with van der Waals surface area (Å²) in [6, 6.07) is 7.55. The second-order valence-corrected chi connectivity index (χ2v) is 4.63. The minimum Gasteiger partial charge on any atom is -0.342 e. The standard InChI is InChI=1S/C11H12BrClO2/c1-8-6-14-11(7-12,15-8)9-2-4-10(13)5-3-9/h2-5,8H,6-7H2,1H3/t8-,11+/m0/s1. The molecule has 4 heteroatoms. The molecule has 15 heavy (non-hydrogen) atoms. The van der Waals surface area contributed by atoms with Gasteiger partial charge in [0.15, 0.2) is 0 Å². The van der Waals surface area contributed by atoms with Crippen LogP contribution in [0.25, 0.3) is 0 Å². The maximum Gasteiger partial charge on any atom is 0.205 e. The molecule has 1 aliphatic rings. The Bertz CT molecular complexity index is 341. The fraction of sp³-hybridized carbons (Fsp3) is 0.455. The van der Waals surface area contributed by atoms with E-state index in [-0.39, 0.29) is 6.10 Å². The minimum atomic E-state index is -0.649. The number of hydrogen-bond donors (Lipinski definition) is 0. The van der Waals surface area contributed by atoms with Crippen LogP contribution in [-0.2, 0) is 15.3 Å². The van der Waals surface area contributed by atoms with Gasteiger partial charge in [0.1, 0.15) is 0 Å². The first-order valence-corrected chi connectivity index (χ1v) is 6.30.